The maximum Gasteiger partial charge on any atom is 0.219 e. The fourth-order valence-corrected chi connectivity index (χ4v) is 4.17. The monoisotopic (exact) mass is 309 g/mol. The minimum Gasteiger partial charge on any atom is -0.504 e. The van der Waals surface area contributed by atoms with Gasteiger partial charge in [0.2, 0.25) is 14.8 Å². The number of phenols is 1. The quantitative estimate of drug-likeness (QED) is 0.643. The molecule has 3 N–H and O–H groups in total. The van der Waals surface area contributed by atoms with Crippen LogP contribution in [0.5, 0.6) is 5.75 Å². The lowest BCUT2D eigenvalue weighted by atomic mass is 10.2. The van der Waals surface area contributed by atoms with Gasteiger partial charge in [-0.2, -0.15) is 0 Å². The van der Waals surface area contributed by atoms with Gasteiger partial charge in [-0.15, -0.1) is 0 Å². The predicted molar refractivity (Wildman–Crippen MR) is 68.6 cm³/mol. The van der Waals surface area contributed by atoms with E-state index in [9.17, 15) is 17.9 Å². The Balaban J connectivity index is 2.60. The van der Waals surface area contributed by atoms with Gasteiger partial charge in [-0.25, -0.2) is 12.8 Å². The number of aromatic hydroxyl groups is 1. The number of alkyl halides is 1. The van der Waals surface area contributed by atoms with Crippen LogP contribution in [0.1, 0.15) is 12.8 Å². The van der Waals surface area contributed by atoms with E-state index in [0.717, 1.165) is 0 Å². The molecule has 0 atom stereocenters. The minimum absolute atomic E-state index is 0.00354. The van der Waals surface area contributed by atoms with Gasteiger partial charge in [-0.3, -0.25) is 0 Å². The highest BCUT2D eigenvalue weighted by atomic mass is 35.5. The van der Waals surface area contributed by atoms with Crippen LogP contribution in [0.2, 0.25) is 5.02 Å². The topological polar surface area (TPSA) is 89.6 Å². The van der Waals surface area contributed by atoms with Crippen LogP contribution < -0.4 is 5.73 Å². The number of nitrogens with two attached hydrogens (primary N) is 1. The van der Waals surface area contributed by atoms with Crippen molar-refractivity contribution in [2.45, 2.75) is 22.7 Å². The highest BCUT2D eigenvalue weighted by molar-refractivity contribution is 7.92. The van der Waals surface area contributed by atoms with Crippen LogP contribution in [0.4, 0.5) is 10.1 Å². The number of hydrogen-bond donors (Lipinski definition) is 2. The van der Waals surface area contributed by atoms with E-state index in [1.165, 1.54) is 12.1 Å². The Hall–Kier alpha value is -1.05. The molecule has 0 aliphatic carbocycles. The number of sulfone groups is 1. The van der Waals surface area contributed by atoms with Gasteiger partial charge in [-0.1, -0.05) is 11.6 Å². The normalized spacial score (nSPS) is 19.3. The third-order valence-corrected chi connectivity index (χ3v) is 5.85. The van der Waals surface area contributed by atoms with Crippen LogP contribution >= 0.6 is 11.6 Å². The summed E-state index contributed by atoms with van der Waals surface area (Å²) in [7, 11) is -4.45. The van der Waals surface area contributed by atoms with E-state index >= 15 is 0 Å². The van der Waals surface area contributed by atoms with Crippen LogP contribution in [-0.2, 0) is 14.6 Å². The first-order valence-electron chi connectivity index (χ1n) is 5.58. The zero-order valence-corrected chi connectivity index (χ0v) is 11.5. The first-order valence-corrected chi connectivity index (χ1v) is 7.44. The Labute approximate surface area is 115 Å². The molecular weight excluding hydrogens is 297 g/mol. The molecule has 1 heterocycles. The second-order valence-corrected chi connectivity index (χ2v) is 6.87. The van der Waals surface area contributed by atoms with E-state index in [-0.39, 0.29) is 36.8 Å². The predicted octanol–water partition coefficient (Wildman–Crippen LogP) is 1.88. The van der Waals surface area contributed by atoms with Crippen LogP contribution in [0, 0.1) is 0 Å². The number of nitrogen functional groups attached to an aromatic ring is 1. The smallest absolute Gasteiger partial charge is 0.219 e. The lowest BCUT2D eigenvalue weighted by Crippen LogP contribution is -2.39. The van der Waals surface area contributed by atoms with Crippen LogP contribution in [0.3, 0.4) is 0 Å². The van der Waals surface area contributed by atoms with Crippen molar-refractivity contribution < 1.29 is 22.7 Å². The van der Waals surface area contributed by atoms with E-state index in [0.29, 0.717) is 0 Å². The van der Waals surface area contributed by atoms with Crippen molar-refractivity contribution in [3.8, 4) is 5.75 Å². The molecule has 5 nitrogen and oxygen atoms in total. The summed E-state index contributed by atoms with van der Waals surface area (Å²) in [4.78, 5) is -0.654. The Morgan fingerprint density at radius 2 is 1.95 bits per heavy atom. The molecule has 0 saturated carbocycles. The molecule has 1 aliphatic rings. The number of rotatable bonds is 2. The average Bonchev–Trinajstić information content (AvgIpc) is 2.35. The number of phenolic OH excluding ortho intramolecular Hbond substituents is 1. The van der Waals surface area contributed by atoms with Crippen molar-refractivity contribution in [3.63, 3.8) is 0 Å². The average molecular weight is 310 g/mol. The van der Waals surface area contributed by atoms with Gasteiger partial charge in [0.15, 0.2) is 5.75 Å². The Morgan fingerprint density at radius 1 is 1.37 bits per heavy atom. The van der Waals surface area contributed by atoms with E-state index in [1.54, 1.807) is 0 Å². The largest absolute Gasteiger partial charge is 0.504 e. The van der Waals surface area contributed by atoms with Crippen LogP contribution in [0.15, 0.2) is 17.0 Å². The molecular formula is C11H13ClFNO4S. The molecule has 2 rings (SSSR count). The minimum atomic E-state index is -4.45. The van der Waals surface area contributed by atoms with E-state index < -0.39 is 25.5 Å². The maximum atomic E-state index is 14.6. The number of ether oxygens (including phenoxy) is 1. The van der Waals surface area contributed by atoms with E-state index in [4.69, 9.17) is 22.1 Å². The fraction of sp³-hybridized carbons (Fsp3) is 0.455. The van der Waals surface area contributed by atoms with E-state index in [1.807, 2.05) is 0 Å². The first-order chi connectivity index (χ1) is 8.79. The molecule has 106 valence electrons. The van der Waals surface area contributed by atoms with E-state index in [2.05, 4.69) is 0 Å². The van der Waals surface area contributed by atoms with Gasteiger partial charge in [0.05, 0.1) is 23.9 Å². The molecule has 0 unspecified atom stereocenters. The standard InChI is InChI=1S/C11H13ClFNO4S/c12-7-1-2-8(14)9(15)10(7)19(16,17)11(13)3-5-18-6-4-11/h1-2,15H,3-6,14H2. The second kappa shape index (κ2) is 4.81. The second-order valence-electron chi connectivity index (χ2n) is 4.31. The van der Waals surface area contributed by atoms with Crippen LogP contribution in [0.25, 0.3) is 0 Å². The summed E-state index contributed by atoms with van der Waals surface area (Å²) in [6, 6.07) is 2.47. The fourth-order valence-electron chi connectivity index (χ4n) is 1.95. The molecule has 1 aromatic carbocycles. The molecule has 0 amide bonds. The Bertz CT molecular complexity index is 599. The number of halogens is 2. The number of benzene rings is 1. The summed E-state index contributed by atoms with van der Waals surface area (Å²) < 4.78 is 44.3. The number of anilines is 1. The lowest BCUT2D eigenvalue weighted by Gasteiger charge is -2.29. The van der Waals surface area contributed by atoms with Crippen molar-refractivity contribution >= 4 is 27.1 Å². The zero-order chi connectivity index (χ0) is 14.3. The Kier molecular flexibility index (Phi) is 3.63. The molecule has 1 saturated heterocycles. The lowest BCUT2D eigenvalue weighted by molar-refractivity contribution is 0.0323. The molecule has 19 heavy (non-hydrogen) atoms. The SMILES string of the molecule is Nc1ccc(Cl)c(S(=O)(=O)C2(F)CCOCC2)c1O. The van der Waals surface area contributed by atoms with Crippen LogP contribution in [-0.4, -0.2) is 31.7 Å². The number of hydrogen-bond acceptors (Lipinski definition) is 5. The summed E-state index contributed by atoms with van der Waals surface area (Å²) in [5, 5.41) is 7.02. The molecule has 1 aliphatic heterocycles. The third-order valence-electron chi connectivity index (χ3n) is 3.10. The van der Waals surface area contributed by atoms with Gasteiger partial charge < -0.3 is 15.6 Å². The first kappa shape index (κ1) is 14.4. The molecule has 0 spiro atoms. The molecule has 0 bridgehead atoms. The van der Waals surface area contributed by atoms with Gasteiger partial charge in [0.25, 0.3) is 0 Å². The summed E-state index contributed by atoms with van der Waals surface area (Å²) in [5.74, 6) is -0.712. The van der Waals surface area contributed by atoms with Gasteiger partial charge in [-0.05, 0) is 12.1 Å². The molecule has 1 aromatic rings. The maximum absolute atomic E-state index is 14.6. The zero-order valence-electron chi connectivity index (χ0n) is 9.90. The third kappa shape index (κ3) is 2.26. The molecule has 0 radical (unpaired) electrons. The molecule has 0 aromatic heterocycles. The van der Waals surface area contributed by atoms with Crippen molar-refractivity contribution in [2.24, 2.45) is 0 Å². The van der Waals surface area contributed by atoms with Gasteiger partial charge >= 0.3 is 0 Å². The summed E-state index contributed by atoms with van der Waals surface area (Å²) in [6.45, 7) is -0.00709. The summed E-state index contributed by atoms with van der Waals surface area (Å²) >= 11 is 5.77. The van der Waals surface area contributed by atoms with Crippen molar-refractivity contribution in [1.82, 2.24) is 0 Å². The summed E-state index contributed by atoms with van der Waals surface area (Å²) in [6.07, 6.45) is -0.611. The van der Waals surface area contributed by atoms with Crippen molar-refractivity contribution in [3.05, 3.63) is 17.2 Å². The van der Waals surface area contributed by atoms with Crippen molar-refractivity contribution in [2.75, 3.05) is 18.9 Å². The van der Waals surface area contributed by atoms with Gasteiger partial charge in [0, 0.05) is 12.8 Å². The van der Waals surface area contributed by atoms with Gasteiger partial charge in [0.1, 0.15) is 4.90 Å². The molecule has 1 fully saturated rings. The summed E-state index contributed by atoms with van der Waals surface area (Å²) in [5.41, 5.74) is 5.27. The van der Waals surface area contributed by atoms with Crippen molar-refractivity contribution in [1.29, 1.82) is 0 Å². The molecule has 8 heteroatoms. The highest BCUT2D eigenvalue weighted by Crippen LogP contribution is 2.44. The highest BCUT2D eigenvalue weighted by Gasteiger charge is 2.48. The Morgan fingerprint density at radius 3 is 2.53 bits per heavy atom.